The maximum absolute atomic E-state index is 12.0. The molecule has 1 aliphatic rings. The highest BCUT2D eigenvalue weighted by atomic mass is 19.1. The van der Waals surface area contributed by atoms with Gasteiger partial charge < -0.3 is 4.74 Å². The highest BCUT2D eigenvalue weighted by Crippen LogP contribution is 2.18. The molecule has 0 aromatic heterocycles. The van der Waals surface area contributed by atoms with Crippen LogP contribution in [-0.2, 0) is 4.74 Å². The molecule has 1 heterocycles. The van der Waals surface area contributed by atoms with Crippen LogP contribution in [0.4, 0.5) is 4.39 Å². The van der Waals surface area contributed by atoms with Gasteiger partial charge in [-0.3, -0.25) is 0 Å². The third-order valence-electron chi connectivity index (χ3n) is 0.711. The van der Waals surface area contributed by atoms with E-state index in [1.807, 2.05) is 0 Å². The van der Waals surface area contributed by atoms with Gasteiger partial charge in [-0.1, -0.05) is 0 Å². The quantitative estimate of drug-likeness (QED) is 0.466. The average Bonchev–Trinajstić information content (AvgIpc) is 1.16. The van der Waals surface area contributed by atoms with E-state index in [4.69, 9.17) is 2.74 Å². The zero-order valence-corrected chi connectivity index (χ0v) is 3.20. The van der Waals surface area contributed by atoms with Crippen molar-refractivity contribution < 1.29 is 11.9 Å². The number of halogens is 1. The van der Waals surface area contributed by atoms with Gasteiger partial charge in [0.2, 0.25) is 0 Å². The molecule has 0 atom stereocenters. The average molecular weight is 91.1 g/mol. The lowest BCUT2D eigenvalue weighted by atomic mass is 10.2. The predicted octanol–water partition coefficient (Wildman–Crippen LogP) is 0.908. The molecule has 6 heavy (non-hydrogen) atoms. The van der Waals surface area contributed by atoms with Crippen LogP contribution in [0.25, 0.3) is 0 Å². The molecule has 1 rings (SSSR count). The number of hydrogen-bond acceptors (Lipinski definition) is 1. The standard InChI is InChI=1S/C4H6FO/c5-3-4-1-2-6-4/h1-3H2/i3D2. The second-order valence-corrected chi connectivity index (χ2v) is 1.12. The summed E-state index contributed by atoms with van der Waals surface area (Å²) in [5.74, 6) is 0. The summed E-state index contributed by atoms with van der Waals surface area (Å²) >= 11 is 0. The molecule has 1 nitrogen and oxygen atoms in total. The summed E-state index contributed by atoms with van der Waals surface area (Å²) < 4.78 is 29.3. The zero-order chi connectivity index (χ0) is 6.20. The van der Waals surface area contributed by atoms with Gasteiger partial charge in [0, 0.05) is 6.42 Å². The van der Waals surface area contributed by atoms with E-state index in [1.54, 1.807) is 0 Å². The van der Waals surface area contributed by atoms with E-state index in [0.29, 0.717) is 13.0 Å². The van der Waals surface area contributed by atoms with Crippen LogP contribution in [0.5, 0.6) is 0 Å². The van der Waals surface area contributed by atoms with Crippen molar-refractivity contribution in [3.05, 3.63) is 6.10 Å². The maximum Gasteiger partial charge on any atom is 0.130 e. The van der Waals surface area contributed by atoms with Crippen LogP contribution in [0.3, 0.4) is 0 Å². The third-order valence-corrected chi connectivity index (χ3v) is 0.711. The Morgan fingerprint density at radius 1 is 2.17 bits per heavy atom. The first-order valence-corrected chi connectivity index (χ1v) is 1.79. The summed E-state index contributed by atoms with van der Waals surface area (Å²) in [5.41, 5.74) is 0. The monoisotopic (exact) mass is 91.1 g/mol. The van der Waals surface area contributed by atoms with Gasteiger partial charge in [0.25, 0.3) is 0 Å². The second-order valence-electron chi connectivity index (χ2n) is 1.12. The van der Waals surface area contributed by atoms with Crippen LogP contribution in [0.2, 0.25) is 0 Å². The molecule has 0 unspecified atom stereocenters. The molecule has 0 amide bonds. The van der Waals surface area contributed by atoms with Crippen molar-refractivity contribution in [3.63, 3.8) is 0 Å². The lowest BCUT2D eigenvalue weighted by molar-refractivity contribution is 0.0264. The van der Waals surface area contributed by atoms with Crippen LogP contribution in [0.15, 0.2) is 0 Å². The first kappa shape index (κ1) is 2.26. The number of hydrogen-bond donors (Lipinski definition) is 0. The summed E-state index contributed by atoms with van der Waals surface area (Å²) in [6, 6.07) is 0. The van der Waals surface area contributed by atoms with E-state index in [-0.39, 0.29) is 6.10 Å². The molecule has 0 spiro atoms. The van der Waals surface area contributed by atoms with Gasteiger partial charge in [0.15, 0.2) is 0 Å². The van der Waals surface area contributed by atoms with Crippen molar-refractivity contribution in [2.45, 2.75) is 6.42 Å². The van der Waals surface area contributed by atoms with Crippen molar-refractivity contribution in [2.75, 3.05) is 13.2 Å². The van der Waals surface area contributed by atoms with Crippen LogP contribution < -0.4 is 0 Å². The summed E-state index contributed by atoms with van der Waals surface area (Å²) in [5, 5.41) is 0. The van der Waals surface area contributed by atoms with E-state index in [0.717, 1.165) is 0 Å². The van der Waals surface area contributed by atoms with Gasteiger partial charge in [0.1, 0.15) is 12.7 Å². The number of rotatable bonds is 1. The Morgan fingerprint density at radius 3 is 2.83 bits per heavy atom. The van der Waals surface area contributed by atoms with E-state index in [9.17, 15) is 4.39 Å². The number of ether oxygens (including phenoxy) is 1. The van der Waals surface area contributed by atoms with Crippen molar-refractivity contribution in [3.8, 4) is 0 Å². The zero-order valence-electron chi connectivity index (χ0n) is 5.20. The Morgan fingerprint density at radius 2 is 2.83 bits per heavy atom. The minimum absolute atomic E-state index is 0.0718. The van der Waals surface area contributed by atoms with Gasteiger partial charge in [0.05, 0.1) is 9.35 Å². The maximum atomic E-state index is 12.0. The van der Waals surface area contributed by atoms with Crippen molar-refractivity contribution in [2.24, 2.45) is 0 Å². The van der Waals surface area contributed by atoms with Gasteiger partial charge >= 0.3 is 0 Å². The summed E-state index contributed by atoms with van der Waals surface area (Å²) in [4.78, 5) is 0. The molecule has 0 aromatic carbocycles. The van der Waals surface area contributed by atoms with Gasteiger partial charge in [-0.2, -0.15) is 0 Å². The Bertz CT molecular complexity index is 86.5. The van der Waals surface area contributed by atoms with Crippen molar-refractivity contribution in [1.29, 1.82) is 0 Å². The predicted molar refractivity (Wildman–Crippen MR) is 19.8 cm³/mol. The SMILES string of the molecule is [2H]C([2H])(F)[C]1CCO1. The molecule has 2 heteroatoms. The van der Waals surface area contributed by atoms with Crippen LogP contribution in [-0.4, -0.2) is 13.2 Å². The van der Waals surface area contributed by atoms with Crippen molar-refractivity contribution >= 4 is 0 Å². The smallest absolute Gasteiger partial charge is 0.130 e. The molecule has 1 saturated heterocycles. The second kappa shape index (κ2) is 1.56. The fourth-order valence-electron chi connectivity index (χ4n) is 0.279. The molecule has 35 valence electrons. The Hall–Kier alpha value is -0.110. The molecule has 0 N–H and O–H groups in total. The Labute approximate surface area is 38.9 Å². The van der Waals surface area contributed by atoms with E-state index >= 15 is 0 Å². The van der Waals surface area contributed by atoms with Crippen LogP contribution >= 0.6 is 0 Å². The lowest BCUT2D eigenvalue weighted by Crippen LogP contribution is -2.19. The molecule has 1 aliphatic heterocycles. The lowest BCUT2D eigenvalue weighted by Gasteiger charge is -2.20. The van der Waals surface area contributed by atoms with Crippen LogP contribution in [0.1, 0.15) is 9.16 Å². The summed E-state index contributed by atoms with van der Waals surface area (Å²) in [7, 11) is 0. The first-order chi connectivity index (χ1) is 3.61. The van der Waals surface area contributed by atoms with Gasteiger partial charge in [-0.05, 0) is 0 Å². The minimum atomic E-state index is -2.71. The van der Waals surface area contributed by atoms with E-state index < -0.39 is 6.63 Å². The number of alkyl halides is 1. The largest absolute Gasteiger partial charge is 0.369 e. The fraction of sp³-hybridized carbons (Fsp3) is 0.750. The molecular weight excluding hydrogens is 83.0 g/mol. The Kier molecular flexibility index (Phi) is 0.588. The topological polar surface area (TPSA) is 9.23 Å². The molecule has 0 bridgehead atoms. The molecular formula is C4H6FO. The third kappa shape index (κ3) is 0.522. The normalized spacial score (nSPS) is 30.8. The highest BCUT2D eigenvalue weighted by Gasteiger charge is 2.17. The highest BCUT2D eigenvalue weighted by molar-refractivity contribution is 4.84. The molecule has 0 saturated carbocycles. The molecule has 0 aliphatic carbocycles. The van der Waals surface area contributed by atoms with E-state index in [1.165, 1.54) is 0 Å². The molecule has 1 fully saturated rings. The Balaban J connectivity index is 2.34. The molecule has 0 aromatic rings. The fourth-order valence-corrected chi connectivity index (χ4v) is 0.279. The first-order valence-electron chi connectivity index (χ1n) is 2.79. The van der Waals surface area contributed by atoms with Crippen LogP contribution in [0, 0.1) is 6.10 Å². The van der Waals surface area contributed by atoms with Gasteiger partial charge in [-0.25, -0.2) is 4.39 Å². The van der Waals surface area contributed by atoms with Gasteiger partial charge in [-0.15, -0.1) is 0 Å². The van der Waals surface area contributed by atoms with Crippen molar-refractivity contribution in [1.82, 2.24) is 0 Å². The minimum Gasteiger partial charge on any atom is -0.369 e. The van der Waals surface area contributed by atoms with E-state index in [2.05, 4.69) is 4.74 Å². The summed E-state index contributed by atoms with van der Waals surface area (Å²) in [6.07, 6.45) is 0.348. The summed E-state index contributed by atoms with van der Waals surface area (Å²) in [6.45, 7) is -2.25. The molecule has 1 radical (unpaired) electrons.